The third kappa shape index (κ3) is 2.67. The molecule has 0 bridgehead atoms. The molecule has 0 saturated heterocycles. The van der Waals surface area contributed by atoms with E-state index in [1.165, 1.54) is 6.33 Å². The van der Waals surface area contributed by atoms with Crippen molar-refractivity contribution < 1.29 is 4.74 Å². The fourth-order valence-corrected chi connectivity index (χ4v) is 3.57. The van der Waals surface area contributed by atoms with Gasteiger partial charge in [-0.15, -0.1) is 0 Å². The molecule has 3 aromatic heterocycles. The van der Waals surface area contributed by atoms with E-state index in [4.69, 9.17) is 4.74 Å². The third-order valence-corrected chi connectivity index (χ3v) is 4.91. The highest BCUT2D eigenvalue weighted by molar-refractivity contribution is 5.93. The topological polar surface area (TPSA) is 74.3 Å². The van der Waals surface area contributed by atoms with Crippen LogP contribution in [-0.2, 0) is 0 Å². The molecule has 5 rings (SSSR count). The summed E-state index contributed by atoms with van der Waals surface area (Å²) in [7, 11) is 1.59. The van der Waals surface area contributed by atoms with Crippen LogP contribution in [0.15, 0.2) is 71.9 Å². The first kappa shape index (κ1) is 17.1. The van der Waals surface area contributed by atoms with E-state index in [0.717, 1.165) is 11.1 Å². The zero-order valence-electron chi connectivity index (χ0n) is 15.9. The molecule has 0 spiro atoms. The minimum Gasteiger partial charge on any atom is -0.495 e. The van der Waals surface area contributed by atoms with Crippen LogP contribution in [0.5, 0.6) is 5.75 Å². The summed E-state index contributed by atoms with van der Waals surface area (Å²) in [6.45, 7) is 1.98. The Labute approximate surface area is 165 Å². The summed E-state index contributed by atoms with van der Waals surface area (Å²) in [6, 6.07) is 17.2. The van der Waals surface area contributed by atoms with Crippen molar-refractivity contribution in [3.05, 3.63) is 83.0 Å². The molecular formula is C22H17N5O2. The normalized spacial score (nSPS) is 11.2. The molecule has 3 heterocycles. The van der Waals surface area contributed by atoms with E-state index in [9.17, 15) is 4.79 Å². The SMILES string of the molecule is COc1ccc(C)cc1-n1ccc2nc3ncnn3c(-c3ccccc3)c2c1=O. The van der Waals surface area contributed by atoms with Crippen LogP contribution in [0.3, 0.4) is 0 Å². The first-order valence-electron chi connectivity index (χ1n) is 9.13. The maximum atomic E-state index is 13.7. The van der Waals surface area contributed by atoms with Crippen LogP contribution < -0.4 is 10.3 Å². The predicted molar refractivity (Wildman–Crippen MR) is 111 cm³/mol. The summed E-state index contributed by atoms with van der Waals surface area (Å²) in [5, 5.41) is 4.78. The summed E-state index contributed by atoms with van der Waals surface area (Å²) in [4.78, 5) is 22.4. The second kappa shape index (κ2) is 6.56. The molecule has 142 valence electrons. The summed E-state index contributed by atoms with van der Waals surface area (Å²) in [5.74, 6) is 1.06. The summed E-state index contributed by atoms with van der Waals surface area (Å²) in [6.07, 6.45) is 3.16. The van der Waals surface area contributed by atoms with E-state index in [0.29, 0.717) is 33.8 Å². The van der Waals surface area contributed by atoms with Crippen LogP contribution >= 0.6 is 0 Å². The number of aryl methyl sites for hydroxylation is 1. The van der Waals surface area contributed by atoms with Gasteiger partial charge in [-0.2, -0.15) is 14.6 Å². The van der Waals surface area contributed by atoms with Crippen molar-refractivity contribution in [3.8, 4) is 22.7 Å². The van der Waals surface area contributed by atoms with Gasteiger partial charge in [-0.1, -0.05) is 36.4 Å². The molecule has 0 amide bonds. The smallest absolute Gasteiger partial charge is 0.266 e. The Bertz CT molecular complexity index is 1420. The lowest BCUT2D eigenvalue weighted by atomic mass is 10.1. The van der Waals surface area contributed by atoms with E-state index >= 15 is 0 Å². The number of methoxy groups -OCH3 is 1. The van der Waals surface area contributed by atoms with Crippen molar-refractivity contribution in [1.82, 2.24) is 24.1 Å². The molecule has 0 fully saturated rings. The average Bonchev–Trinajstić information content (AvgIpc) is 3.21. The molecule has 5 aromatic rings. The molecule has 0 aliphatic heterocycles. The molecule has 0 radical (unpaired) electrons. The molecule has 7 nitrogen and oxygen atoms in total. The first-order chi connectivity index (χ1) is 14.2. The van der Waals surface area contributed by atoms with Crippen LogP contribution in [0.4, 0.5) is 0 Å². The van der Waals surface area contributed by atoms with Gasteiger partial charge in [0.25, 0.3) is 11.3 Å². The molecular weight excluding hydrogens is 366 g/mol. The van der Waals surface area contributed by atoms with Gasteiger partial charge in [0.15, 0.2) is 0 Å². The minimum atomic E-state index is -0.199. The molecule has 0 N–H and O–H groups in total. The fraction of sp³-hybridized carbons (Fsp3) is 0.0909. The quantitative estimate of drug-likeness (QED) is 0.477. The number of fused-ring (bicyclic) bond motifs is 2. The van der Waals surface area contributed by atoms with Crippen molar-refractivity contribution in [3.63, 3.8) is 0 Å². The number of benzene rings is 2. The average molecular weight is 383 g/mol. The number of aromatic nitrogens is 5. The van der Waals surface area contributed by atoms with Gasteiger partial charge in [-0.3, -0.25) is 9.36 Å². The number of ether oxygens (including phenoxy) is 1. The molecule has 7 heteroatoms. The zero-order chi connectivity index (χ0) is 20.0. The van der Waals surface area contributed by atoms with Crippen LogP contribution in [0.25, 0.3) is 33.6 Å². The Hall–Kier alpha value is -4.00. The Morgan fingerprint density at radius 2 is 1.86 bits per heavy atom. The van der Waals surface area contributed by atoms with Crippen LogP contribution in [0, 0.1) is 6.92 Å². The molecule has 0 unspecified atom stereocenters. The standard InChI is InChI=1S/C22H17N5O2/c1-14-8-9-18(29-2)17(12-14)26-11-10-16-19(21(26)28)20(15-6-4-3-5-7-15)27-22(25-16)23-13-24-27/h3-13H,1-2H3. The lowest BCUT2D eigenvalue weighted by Gasteiger charge is -2.14. The minimum absolute atomic E-state index is 0.199. The predicted octanol–water partition coefficient (Wildman–Crippen LogP) is 3.41. The second-order valence-electron chi connectivity index (χ2n) is 6.72. The molecule has 0 aliphatic carbocycles. The molecule has 0 atom stereocenters. The number of nitrogens with zero attached hydrogens (tertiary/aromatic N) is 5. The van der Waals surface area contributed by atoms with Gasteiger partial charge in [0.05, 0.1) is 29.4 Å². The number of hydrogen-bond donors (Lipinski definition) is 0. The van der Waals surface area contributed by atoms with Crippen LogP contribution in [0.1, 0.15) is 5.56 Å². The lowest BCUT2D eigenvalue weighted by molar-refractivity contribution is 0.412. The number of pyridine rings is 1. The maximum absolute atomic E-state index is 13.7. The highest BCUT2D eigenvalue weighted by atomic mass is 16.5. The Kier molecular flexibility index (Phi) is 3.87. The Balaban J connectivity index is 1.93. The van der Waals surface area contributed by atoms with Gasteiger partial charge in [0, 0.05) is 11.8 Å². The van der Waals surface area contributed by atoms with Gasteiger partial charge in [0.2, 0.25) is 0 Å². The van der Waals surface area contributed by atoms with E-state index in [1.807, 2.05) is 61.5 Å². The van der Waals surface area contributed by atoms with E-state index in [1.54, 1.807) is 22.4 Å². The maximum Gasteiger partial charge on any atom is 0.266 e. The summed E-state index contributed by atoms with van der Waals surface area (Å²) < 4.78 is 8.69. The molecule has 2 aromatic carbocycles. The van der Waals surface area contributed by atoms with E-state index in [-0.39, 0.29) is 5.56 Å². The van der Waals surface area contributed by atoms with Gasteiger partial charge < -0.3 is 4.74 Å². The van der Waals surface area contributed by atoms with Crippen molar-refractivity contribution >= 4 is 16.7 Å². The van der Waals surface area contributed by atoms with Gasteiger partial charge in [-0.05, 0) is 30.7 Å². The molecule has 0 saturated carbocycles. The first-order valence-corrected chi connectivity index (χ1v) is 9.13. The van der Waals surface area contributed by atoms with Gasteiger partial charge in [-0.25, -0.2) is 4.98 Å². The van der Waals surface area contributed by atoms with Crippen molar-refractivity contribution in [2.45, 2.75) is 6.92 Å². The fourth-order valence-electron chi connectivity index (χ4n) is 3.57. The monoisotopic (exact) mass is 383 g/mol. The van der Waals surface area contributed by atoms with Crippen molar-refractivity contribution in [1.29, 1.82) is 0 Å². The zero-order valence-corrected chi connectivity index (χ0v) is 15.9. The largest absolute Gasteiger partial charge is 0.495 e. The lowest BCUT2D eigenvalue weighted by Crippen LogP contribution is -2.20. The Morgan fingerprint density at radius 1 is 1.03 bits per heavy atom. The number of rotatable bonds is 3. The molecule has 0 aliphatic rings. The van der Waals surface area contributed by atoms with Crippen molar-refractivity contribution in [2.24, 2.45) is 0 Å². The molecule has 29 heavy (non-hydrogen) atoms. The number of hydrogen-bond acceptors (Lipinski definition) is 5. The van der Waals surface area contributed by atoms with E-state index in [2.05, 4.69) is 15.1 Å². The summed E-state index contributed by atoms with van der Waals surface area (Å²) >= 11 is 0. The van der Waals surface area contributed by atoms with E-state index < -0.39 is 0 Å². The Morgan fingerprint density at radius 3 is 2.66 bits per heavy atom. The third-order valence-electron chi connectivity index (χ3n) is 4.91. The highest BCUT2D eigenvalue weighted by Crippen LogP contribution is 2.28. The van der Waals surface area contributed by atoms with Crippen molar-refractivity contribution in [2.75, 3.05) is 7.11 Å². The van der Waals surface area contributed by atoms with Gasteiger partial charge >= 0.3 is 0 Å². The van der Waals surface area contributed by atoms with Gasteiger partial charge in [0.1, 0.15) is 12.1 Å². The summed E-state index contributed by atoms with van der Waals surface area (Å²) in [5.41, 5.74) is 3.60. The van der Waals surface area contributed by atoms with Crippen LogP contribution in [0.2, 0.25) is 0 Å². The van der Waals surface area contributed by atoms with Crippen LogP contribution in [-0.4, -0.2) is 31.3 Å². The highest BCUT2D eigenvalue weighted by Gasteiger charge is 2.18. The second-order valence-corrected chi connectivity index (χ2v) is 6.72.